The Balaban J connectivity index is 1.59. The van der Waals surface area contributed by atoms with Gasteiger partial charge in [-0.05, 0) is 42.1 Å². The molecule has 2 amide bonds. The molecule has 1 saturated heterocycles. The molecule has 5 nitrogen and oxygen atoms in total. The van der Waals surface area contributed by atoms with Crippen LogP contribution in [-0.2, 0) is 16.1 Å². The molecular formula is C26H18FN3O2S. The number of halogens is 1. The minimum Gasteiger partial charge on any atom is -0.342 e. The van der Waals surface area contributed by atoms with E-state index in [2.05, 4.69) is 9.88 Å². The first-order valence-electron chi connectivity index (χ1n) is 10.3. The third kappa shape index (κ3) is 3.83. The zero-order valence-electron chi connectivity index (χ0n) is 17.4. The Morgan fingerprint density at radius 2 is 1.61 bits per heavy atom. The fraction of sp³-hybridized carbons (Fsp3) is 0.0385. The van der Waals surface area contributed by atoms with E-state index in [0.717, 1.165) is 21.4 Å². The van der Waals surface area contributed by atoms with Crippen molar-refractivity contribution < 1.29 is 14.0 Å². The van der Waals surface area contributed by atoms with Crippen LogP contribution in [0.25, 0.3) is 17.0 Å². The molecule has 1 aliphatic rings. The molecule has 7 heteroatoms. The largest absolute Gasteiger partial charge is 0.342 e. The molecule has 0 unspecified atom stereocenters. The summed E-state index contributed by atoms with van der Waals surface area (Å²) >= 11 is 5.17. The molecule has 0 bridgehead atoms. The molecule has 0 radical (unpaired) electrons. The quantitative estimate of drug-likeness (QED) is 0.277. The molecule has 1 fully saturated rings. The van der Waals surface area contributed by atoms with E-state index in [-0.39, 0.29) is 16.4 Å². The standard InChI is InChI=1S/C26H18FN3O2S/c27-21-11-5-7-13-23(21)30-25(32)20(24(31)28-26(30)33)14-18-16-29(15-17-8-2-1-3-9-17)22-12-6-4-10-19(18)22/h1-14,16H,15H2,(H,28,31,33)/b20-14+. The molecule has 1 aromatic heterocycles. The second-order valence-electron chi connectivity index (χ2n) is 7.62. The highest BCUT2D eigenvalue weighted by Gasteiger charge is 2.35. The normalized spacial score (nSPS) is 15.4. The minimum atomic E-state index is -0.672. The van der Waals surface area contributed by atoms with Crippen LogP contribution in [0.3, 0.4) is 0 Å². The second kappa shape index (κ2) is 8.44. The Bertz CT molecular complexity index is 1440. The average Bonchev–Trinajstić information content (AvgIpc) is 3.16. The number of rotatable bonds is 4. The molecule has 1 N–H and O–H groups in total. The van der Waals surface area contributed by atoms with Gasteiger partial charge in [0.1, 0.15) is 11.4 Å². The van der Waals surface area contributed by atoms with Gasteiger partial charge in [0, 0.05) is 29.2 Å². The molecule has 0 atom stereocenters. The minimum absolute atomic E-state index is 0.00935. The Morgan fingerprint density at radius 3 is 2.39 bits per heavy atom. The van der Waals surface area contributed by atoms with Gasteiger partial charge in [-0.15, -0.1) is 0 Å². The van der Waals surface area contributed by atoms with Crippen molar-refractivity contribution in [1.29, 1.82) is 0 Å². The van der Waals surface area contributed by atoms with Crippen molar-refractivity contribution in [3.63, 3.8) is 0 Å². The van der Waals surface area contributed by atoms with Crippen LogP contribution in [0.15, 0.2) is 90.6 Å². The maximum Gasteiger partial charge on any atom is 0.270 e. The highest BCUT2D eigenvalue weighted by Crippen LogP contribution is 2.28. The Hall–Kier alpha value is -4.10. The van der Waals surface area contributed by atoms with Crippen LogP contribution in [0.4, 0.5) is 10.1 Å². The highest BCUT2D eigenvalue weighted by atomic mass is 32.1. The molecule has 4 aromatic rings. The molecule has 33 heavy (non-hydrogen) atoms. The predicted octanol–water partition coefficient (Wildman–Crippen LogP) is 4.66. The first-order chi connectivity index (χ1) is 16.0. The maximum atomic E-state index is 14.4. The van der Waals surface area contributed by atoms with Crippen LogP contribution in [0.1, 0.15) is 11.1 Å². The fourth-order valence-corrected chi connectivity index (χ4v) is 4.24. The van der Waals surface area contributed by atoms with Crippen molar-refractivity contribution in [2.75, 3.05) is 4.90 Å². The molecule has 3 aromatic carbocycles. The van der Waals surface area contributed by atoms with Gasteiger partial charge in [-0.2, -0.15) is 0 Å². The summed E-state index contributed by atoms with van der Waals surface area (Å²) in [6.45, 7) is 0.635. The summed E-state index contributed by atoms with van der Waals surface area (Å²) < 4.78 is 16.5. The van der Waals surface area contributed by atoms with E-state index < -0.39 is 17.6 Å². The highest BCUT2D eigenvalue weighted by molar-refractivity contribution is 7.80. The van der Waals surface area contributed by atoms with Gasteiger partial charge < -0.3 is 4.57 Å². The molecular weight excluding hydrogens is 437 g/mol. The third-order valence-electron chi connectivity index (χ3n) is 5.51. The summed E-state index contributed by atoms with van der Waals surface area (Å²) in [6.07, 6.45) is 3.45. The van der Waals surface area contributed by atoms with E-state index in [1.54, 1.807) is 6.07 Å². The molecule has 0 spiro atoms. The van der Waals surface area contributed by atoms with Crippen molar-refractivity contribution in [1.82, 2.24) is 9.88 Å². The topological polar surface area (TPSA) is 54.3 Å². The van der Waals surface area contributed by atoms with E-state index in [0.29, 0.717) is 12.1 Å². The molecule has 0 aliphatic carbocycles. The summed E-state index contributed by atoms with van der Waals surface area (Å²) in [5.41, 5.74) is 2.68. The SMILES string of the molecule is O=C1NC(=S)N(c2ccccc2F)C(=O)/C1=C/c1cn(Cc2ccccc2)c2ccccc12. The van der Waals surface area contributed by atoms with Crippen molar-refractivity contribution in [3.05, 3.63) is 108 Å². The first kappa shape index (κ1) is 20.8. The van der Waals surface area contributed by atoms with Crippen molar-refractivity contribution in [2.45, 2.75) is 6.54 Å². The lowest BCUT2D eigenvalue weighted by Gasteiger charge is -2.29. The maximum absolute atomic E-state index is 14.4. The molecule has 5 rings (SSSR count). The van der Waals surface area contributed by atoms with Gasteiger partial charge >= 0.3 is 0 Å². The van der Waals surface area contributed by atoms with Crippen LogP contribution in [0.2, 0.25) is 0 Å². The van der Waals surface area contributed by atoms with Gasteiger partial charge in [-0.3, -0.25) is 14.9 Å². The number of carbonyl (C=O) groups excluding carboxylic acids is 2. The lowest BCUT2D eigenvalue weighted by Crippen LogP contribution is -2.54. The average molecular weight is 456 g/mol. The number of para-hydroxylation sites is 2. The predicted molar refractivity (Wildman–Crippen MR) is 130 cm³/mol. The first-order valence-corrected chi connectivity index (χ1v) is 10.7. The van der Waals surface area contributed by atoms with Crippen LogP contribution in [0, 0.1) is 5.82 Å². The second-order valence-corrected chi connectivity index (χ2v) is 8.01. The third-order valence-corrected chi connectivity index (χ3v) is 5.79. The lowest BCUT2D eigenvalue weighted by molar-refractivity contribution is -0.122. The van der Waals surface area contributed by atoms with Crippen molar-refractivity contribution in [2.24, 2.45) is 0 Å². The number of hydrogen-bond acceptors (Lipinski definition) is 3. The van der Waals surface area contributed by atoms with Gasteiger partial charge in [0.05, 0.1) is 5.69 Å². The zero-order chi connectivity index (χ0) is 22.9. The van der Waals surface area contributed by atoms with E-state index in [9.17, 15) is 14.0 Å². The van der Waals surface area contributed by atoms with E-state index in [1.807, 2.05) is 60.8 Å². The van der Waals surface area contributed by atoms with Crippen LogP contribution in [-0.4, -0.2) is 21.5 Å². The molecule has 0 saturated carbocycles. The summed E-state index contributed by atoms with van der Waals surface area (Å²) in [4.78, 5) is 27.0. The number of amides is 2. The van der Waals surface area contributed by atoms with E-state index >= 15 is 0 Å². The number of nitrogens with one attached hydrogen (secondary N) is 1. The van der Waals surface area contributed by atoms with Gasteiger partial charge in [-0.25, -0.2) is 9.29 Å². The summed E-state index contributed by atoms with van der Waals surface area (Å²) in [5, 5.41) is 3.25. The van der Waals surface area contributed by atoms with Crippen LogP contribution >= 0.6 is 12.2 Å². The zero-order valence-corrected chi connectivity index (χ0v) is 18.2. The van der Waals surface area contributed by atoms with Crippen molar-refractivity contribution >= 4 is 51.8 Å². The number of anilines is 1. The van der Waals surface area contributed by atoms with Gasteiger partial charge in [0.15, 0.2) is 5.11 Å². The Labute approximate surface area is 194 Å². The lowest BCUT2D eigenvalue weighted by atomic mass is 10.1. The summed E-state index contributed by atoms with van der Waals surface area (Å²) in [7, 11) is 0. The van der Waals surface area contributed by atoms with E-state index in [1.165, 1.54) is 24.3 Å². The van der Waals surface area contributed by atoms with E-state index in [4.69, 9.17) is 12.2 Å². The van der Waals surface area contributed by atoms with Gasteiger partial charge in [0.25, 0.3) is 11.8 Å². The Morgan fingerprint density at radius 1 is 0.909 bits per heavy atom. The summed E-state index contributed by atoms with van der Waals surface area (Å²) in [5.74, 6) is -1.89. The summed E-state index contributed by atoms with van der Waals surface area (Å²) in [6, 6.07) is 23.6. The number of benzene rings is 3. The number of hydrogen-bond donors (Lipinski definition) is 1. The number of thiocarbonyl (C=S) groups is 1. The molecule has 162 valence electrons. The van der Waals surface area contributed by atoms with Gasteiger partial charge in [0.2, 0.25) is 0 Å². The van der Waals surface area contributed by atoms with Crippen LogP contribution < -0.4 is 10.2 Å². The monoisotopic (exact) mass is 455 g/mol. The molecule has 2 heterocycles. The smallest absolute Gasteiger partial charge is 0.270 e. The number of carbonyl (C=O) groups is 2. The van der Waals surface area contributed by atoms with Crippen molar-refractivity contribution in [3.8, 4) is 0 Å². The number of fused-ring (bicyclic) bond motifs is 1. The number of nitrogens with zero attached hydrogens (tertiary/aromatic N) is 2. The van der Waals surface area contributed by atoms with Crippen LogP contribution in [0.5, 0.6) is 0 Å². The Kier molecular flexibility index (Phi) is 5.32. The number of aromatic nitrogens is 1. The van der Waals surface area contributed by atoms with Gasteiger partial charge in [-0.1, -0.05) is 60.7 Å². The fourth-order valence-electron chi connectivity index (χ4n) is 3.97. The molecule has 1 aliphatic heterocycles.